The van der Waals surface area contributed by atoms with Crippen LogP contribution in [-0.4, -0.2) is 30.1 Å². The second kappa shape index (κ2) is 9.27. The number of nitrogens with zero attached hydrogens (tertiary/aromatic N) is 4. The summed E-state index contributed by atoms with van der Waals surface area (Å²) in [5.41, 5.74) is 2.17. The number of carbonyl (C=O) groups is 1. The fraction of sp³-hybridized carbons (Fsp3) is 0.333. The number of anilines is 1. The molecule has 3 heterocycles. The Hall–Kier alpha value is -3.11. The summed E-state index contributed by atoms with van der Waals surface area (Å²) in [5.74, 6) is -0.327. The second-order valence-electron chi connectivity index (χ2n) is 8.09. The monoisotopic (exact) mass is 497 g/mol. The van der Waals surface area contributed by atoms with Gasteiger partial charge < -0.3 is 5.32 Å². The number of thiophene rings is 1. The molecular weight excluding hydrogens is 470 g/mol. The molecule has 1 aromatic carbocycles. The Morgan fingerprint density at radius 1 is 1.15 bits per heavy atom. The van der Waals surface area contributed by atoms with E-state index in [2.05, 4.69) is 5.32 Å². The SMILES string of the molecule is CCn1c(SC(C)C(=O)Nc2c(C)n(C)n(-c3ccccc3)c2=O)nc2sc(C)c(C)c2c1=O. The van der Waals surface area contributed by atoms with Gasteiger partial charge in [-0.3, -0.25) is 23.6 Å². The first-order valence-electron chi connectivity index (χ1n) is 11.0. The van der Waals surface area contributed by atoms with Gasteiger partial charge in [0.2, 0.25) is 5.91 Å². The average molecular weight is 498 g/mol. The van der Waals surface area contributed by atoms with Crippen molar-refractivity contribution < 1.29 is 4.79 Å². The maximum Gasteiger partial charge on any atom is 0.295 e. The topological polar surface area (TPSA) is 90.9 Å². The van der Waals surface area contributed by atoms with Crippen LogP contribution in [0.2, 0.25) is 0 Å². The van der Waals surface area contributed by atoms with Crippen molar-refractivity contribution in [3.63, 3.8) is 0 Å². The number of carbonyl (C=O) groups excluding carboxylic acids is 1. The van der Waals surface area contributed by atoms with Crippen molar-refractivity contribution in [1.29, 1.82) is 0 Å². The van der Waals surface area contributed by atoms with Gasteiger partial charge in [0, 0.05) is 18.5 Å². The van der Waals surface area contributed by atoms with Crippen LogP contribution >= 0.6 is 23.1 Å². The summed E-state index contributed by atoms with van der Waals surface area (Å²) in [7, 11) is 1.78. The van der Waals surface area contributed by atoms with Gasteiger partial charge in [-0.05, 0) is 52.3 Å². The van der Waals surface area contributed by atoms with Crippen LogP contribution in [0.15, 0.2) is 45.1 Å². The molecule has 0 aliphatic heterocycles. The predicted molar refractivity (Wildman–Crippen MR) is 139 cm³/mol. The van der Waals surface area contributed by atoms with Crippen molar-refractivity contribution in [2.75, 3.05) is 5.32 Å². The number of aryl methyl sites for hydroxylation is 2. The molecule has 0 saturated carbocycles. The van der Waals surface area contributed by atoms with Crippen molar-refractivity contribution in [2.45, 2.75) is 51.6 Å². The maximum atomic E-state index is 13.1. The van der Waals surface area contributed by atoms with Gasteiger partial charge in [0.25, 0.3) is 11.1 Å². The van der Waals surface area contributed by atoms with Gasteiger partial charge in [-0.2, -0.15) is 0 Å². The minimum Gasteiger partial charge on any atom is -0.319 e. The van der Waals surface area contributed by atoms with Gasteiger partial charge >= 0.3 is 0 Å². The third-order valence-electron chi connectivity index (χ3n) is 6.02. The van der Waals surface area contributed by atoms with E-state index in [1.165, 1.54) is 27.8 Å². The van der Waals surface area contributed by atoms with Crippen molar-refractivity contribution >= 4 is 44.9 Å². The van der Waals surface area contributed by atoms with Crippen LogP contribution in [0.25, 0.3) is 15.9 Å². The fourth-order valence-electron chi connectivity index (χ4n) is 3.83. The molecule has 4 aromatic rings. The second-order valence-corrected chi connectivity index (χ2v) is 10.6. The first-order chi connectivity index (χ1) is 16.1. The van der Waals surface area contributed by atoms with Crippen LogP contribution in [0.3, 0.4) is 0 Å². The lowest BCUT2D eigenvalue weighted by Gasteiger charge is -2.14. The normalized spacial score (nSPS) is 12.3. The molecule has 0 fully saturated rings. The number of para-hydroxylation sites is 1. The van der Waals surface area contributed by atoms with E-state index < -0.39 is 5.25 Å². The van der Waals surface area contributed by atoms with Gasteiger partial charge in [-0.1, -0.05) is 30.0 Å². The lowest BCUT2D eigenvalue weighted by molar-refractivity contribution is -0.115. The zero-order valence-corrected chi connectivity index (χ0v) is 21.6. The molecule has 3 aromatic heterocycles. The Kier molecular flexibility index (Phi) is 6.55. The zero-order chi connectivity index (χ0) is 24.7. The summed E-state index contributed by atoms with van der Waals surface area (Å²) in [4.78, 5) is 45.7. The van der Waals surface area contributed by atoms with Gasteiger partial charge in [-0.25, -0.2) is 9.67 Å². The summed E-state index contributed by atoms with van der Waals surface area (Å²) < 4.78 is 4.84. The summed E-state index contributed by atoms with van der Waals surface area (Å²) in [6, 6.07) is 9.27. The highest BCUT2D eigenvalue weighted by molar-refractivity contribution is 8.00. The molecule has 4 rings (SSSR count). The number of hydrogen-bond acceptors (Lipinski definition) is 6. The molecule has 8 nitrogen and oxygen atoms in total. The molecule has 1 amide bonds. The Morgan fingerprint density at radius 2 is 1.82 bits per heavy atom. The number of fused-ring (bicyclic) bond motifs is 1. The molecule has 1 N–H and O–H groups in total. The maximum absolute atomic E-state index is 13.1. The third-order valence-corrected chi connectivity index (χ3v) is 8.22. The number of benzene rings is 1. The fourth-order valence-corrected chi connectivity index (χ4v) is 5.87. The van der Waals surface area contributed by atoms with E-state index in [1.807, 2.05) is 51.1 Å². The highest BCUT2D eigenvalue weighted by Crippen LogP contribution is 2.30. The molecule has 10 heteroatoms. The average Bonchev–Trinajstić information content (AvgIpc) is 3.21. The highest BCUT2D eigenvalue weighted by Gasteiger charge is 2.24. The van der Waals surface area contributed by atoms with E-state index in [0.717, 1.165) is 10.4 Å². The van der Waals surface area contributed by atoms with Gasteiger partial charge in [-0.15, -0.1) is 11.3 Å². The van der Waals surface area contributed by atoms with E-state index >= 15 is 0 Å². The van der Waals surface area contributed by atoms with Crippen molar-refractivity contribution in [2.24, 2.45) is 7.05 Å². The predicted octanol–water partition coefficient (Wildman–Crippen LogP) is 4.01. The number of amides is 1. The van der Waals surface area contributed by atoms with Crippen LogP contribution in [0.1, 0.15) is 30.0 Å². The van der Waals surface area contributed by atoms with Gasteiger partial charge in [0.15, 0.2) is 5.16 Å². The molecule has 0 radical (unpaired) electrons. The number of nitrogens with one attached hydrogen (secondary N) is 1. The van der Waals surface area contributed by atoms with Crippen LogP contribution in [-0.2, 0) is 18.4 Å². The number of aromatic nitrogens is 4. The molecule has 0 bridgehead atoms. The summed E-state index contributed by atoms with van der Waals surface area (Å²) in [6.07, 6.45) is 0. The number of hydrogen-bond donors (Lipinski definition) is 1. The standard InChI is InChI=1S/C24H27N5O3S2/c1-7-28-22(31)18-13(2)15(4)33-21(18)26-24(28)34-16(5)20(30)25-19-14(3)27(6)29(23(19)32)17-11-9-8-10-12-17/h8-12,16H,7H2,1-6H3,(H,25,30). The van der Waals surface area contributed by atoms with Crippen LogP contribution < -0.4 is 16.4 Å². The summed E-state index contributed by atoms with van der Waals surface area (Å²) in [6.45, 7) is 9.79. The molecular formula is C24H27N5O3S2. The Bertz CT molecular complexity index is 1510. The molecule has 34 heavy (non-hydrogen) atoms. The smallest absolute Gasteiger partial charge is 0.295 e. The molecule has 0 aliphatic carbocycles. The third kappa shape index (κ3) is 4.01. The number of thioether (sulfide) groups is 1. The van der Waals surface area contributed by atoms with Crippen LogP contribution in [0.5, 0.6) is 0 Å². The highest BCUT2D eigenvalue weighted by atomic mass is 32.2. The Balaban J connectivity index is 1.63. The van der Waals surface area contributed by atoms with E-state index in [9.17, 15) is 14.4 Å². The molecule has 1 atom stereocenters. The lowest BCUT2D eigenvalue weighted by atomic mass is 10.2. The summed E-state index contributed by atoms with van der Waals surface area (Å²) >= 11 is 2.70. The molecule has 0 saturated heterocycles. The van der Waals surface area contributed by atoms with Gasteiger partial charge in [0.1, 0.15) is 10.5 Å². The minimum atomic E-state index is -0.575. The Morgan fingerprint density at radius 3 is 2.47 bits per heavy atom. The molecule has 0 aliphatic rings. The first-order valence-corrected chi connectivity index (χ1v) is 12.7. The molecule has 1 unspecified atom stereocenters. The van der Waals surface area contributed by atoms with E-state index in [-0.39, 0.29) is 22.7 Å². The minimum absolute atomic E-state index is 0.0888. The van der Waals surface area contributed by atoms with Crippen LogP contribution in [0.4, 0.5) is 5.69 Å². The largest absolute Gasteiger partial charge is 0.319 e. The van der Waals surface area contributed by atoms with E-state index in [0.29, 0.717) is 33.3 Å². The van der Waals surface area contributed by atoms with E-state index in [4.69, 9.17) is 4.98 Å². The van der Waals surface area contributed by atoms with Crippen molar-refractivity contribution in [3.05, 3.63) is 67.2 Å². The summed E-state index contributed by atoms with van der Waals surface area (Å²) in [5, 5.41) is 3.37. The first kappa shape index (κ1) is 24.0. The lowest BCUT2D eigenvalue weighted by Crippen LogP contribution is -2.28. The van der Waals surface area contributed by atoms with E-state index in [1.54, 1.807) is 30.1 Å². The van der Waals surface area contributed by atoms with Crippen molar-refractivity contribution in [3.8, 4) is 5.69 Å². The quantitative estimate of drug-likeness (QED) is 0.321. The molecule has 178 valence electrons. The van der Waals surface area contributed by atoms with Crippen molar-refractivity contribution in [1.82, 2.24) is 18.9 Å². The van der Waals surface area contributed by atoms with Gasteiger partial charge in [0.05, 0.1) is 22.0 Å². The molecule has 0 spiro atoms. The Labute approximate surface area is 205 Å². The van der Waals surface area contributed by atoms with Crippen LogP contribution in [0, 0.1) is 20.8 Å². The number of rotatable bonds is 6. The zero-order valence-electron chi connectivity index (χ0n) is 20.0.